The third kappa shape index (κ3) is 3.57. The van der Waals surface area contributed by atoms with Gasteiger partial charge in [-0.15, -0.1) is 0 Å². The summed E-state index contributed by atoms with van der Waals surface area (Å²) in [5, 5.41) is 4.77. The lowest BCUT2D eigenvalue weighted by Gasteiger charge is -2.36. The van der Waals surface area contributed by atoms with Crippen molar-refractivity contribution >= 4 is 38.2 Å². The zero-order valence-electron chi connectivity index (χ0n) is 12.8. The molecule has 1 aromatic heterocycles. The molecule has 6 nitrogen and oxygen atoms in total. The van der Waals surface area contributed by atoms with E-state index in [1.165, 1.54) is 6.33 Å². The molecule has 0 radical (unpaired) electrons. The van der Waals surface area contributed by atoms with Crippen LogP contribution in [0.15, 0.2) is 24.5 Å². The maximum Gasteiger partial charge on any atom is 0.150 e. The average molecular weight is 356 g/mol. The first-order chi connectivity index (χ1) is 10.9. The molecule has 2 aromatic rings. The molecule has 124 valence electrons. The molecule has 3 rings (SSSR count). The zero-order chi connectivity index (χ0) is 16.5. The van der Waals surface area contributed by atoms with Gasteiger partial charge in [-0.2, -0.15) is 0 Å². The van der Waals surface area contributed by atoms with Gasteiger partial charge in [0.2, 0.25) is 0 Å². The van der Waals surface area contributed by atoms with Gasteiger partial charge in [0, 0.05) is 24.1 Å². The molecular weight excluding hydrogens is 338 g/mol. The van der Waals surface area contributed by atoms with Crippen LogP contribution in [0.3, 0.4) is 0 Å². The highest BCUT2D eigenvalue weighted by molar-refractivity contribution is 7.91. The third-order valence-corrected chi connectivity index (χ3v) is 6.23. The van der Waals surface area contributed by atoms with Crippen molar-refractivity contribution in [3.05, 3.63) is 29.5 Å². The summed E-state index contributed by atoms with van der Waals surface area (Å²) in [7, 11) is -1.31. The second-order valence-electron chi connectivity index (χ2n) is 5.78. The first kappa shape index (κ1) is 16.4. The van der Waals surface area contributed by atoms with Crippen molar-refractivity contribution in [1.29, 1.82) is 0 Å². The molecule has 2 heterocycles. The molecular formula is C15H18ClN3O3S. The van der Waals surface area contributed by atoms with Crippen molar-refractivity contribution in [2.45, 2.75) is 18.4 Å². The number of ether oxygens (including phenoxy) is 1. The minimum absolute atomic E-state index is 0.155. The number of anilines is 1. The molecule has 0 amide bonds. The lowest BCUT2D eigenvalue weighted by Crippen LogP contribution is -2.46. The summed E-state index contributed by atoms with van der Waals surface area (Å²) in [6.45, 7) is 0.494. The molecule has 0 spiro atoms. The fraction of sp³-hybridized carbons (Fsp3) is 0.467. The van der Waals surface area contributed by atoms with E-state index in [0.29, 0.717) is 30.2 Å². The van der Waals surface area contributed by atoms with Crippen LogP contribution in [0.2, 0.25) is 5.02 Å². The van der Waals surface area contributed by atoms with Crippen molar-refractivity contribution < 1.29 is 13.2 Å². The van der Waals surface area contributed by atoms with E-state index in [2.05, 4.69) is 15.3 Å². The number of rotatable bonds is 4. The van der Waals surface area contributed by atoms with Crippen LogP contribution in [-0.4, -0.2) is 49.1 Å². The third-order valence-electron chi connectivity index (χ3n) is 4.35. The Hall–Kier alpha value is -1.44. The second kappa shape index (κ2) is 6.22. The first-order valence-electron chi connectivity index (χ1n) is 7.33. The average Bonchev–Trinajstić information content (AvgIpc) is 2.54. The van der Waals surface area contributed by atoms with Gasteiger partial charge in [-0.3, -0.25) is 0 Å². The number of sulfone groups is 1. The molecule has 1 aromatic carbocycles. The maximum atomic E-state index is 11.6. The van der Waals surface area contributed by atoms with Gasteiger partial charge in [0.05, 0.1) is 22.6 Å². The highest BCUT2D eigenvalue weighted by Gasteiger charge is 2.37. The highest BCUT2D eigenvalue weighted by Crippen LogP contribution is 2.29. The van der Waals surface area contributed by atoms with Crippen LogP contribution in [0, 0.1) is 0 Å². The van der Waals surface area contributed by atoms with Gasteiger partial charge in [0.15, 0.2) is 9.84 Å². The van der Waals surface area contributed by atoms with Gasteiger partial charge in [-0.25, -0.2) is 18.4 Å². The van der Waals surface area contributed by atoms with E-state index in [-0.39, 0.29) is 11.5 Å². The Morgan fingerprint density at radius 3 is 2.74 bits per heavy atom. The molecule has 1 aliphatic heterocycles. The fourth-order valence-electron chi connectivity index (χ4n) is 2.78. The van der Waals surface area contributed by atoms with Crippen LogP contribution < -0.4 is 5.32 Å². The predicted molar refractivity (Wildman–Crippen MR) is 90.7 cm³/mol. The van der Waals surface area contributed by atoms with Gasteiger partial charge >= 0.3 is 0 Å². The Morgan fingerprint density at radius 1 is 1.30 bits per heavy atom. The van der Waals surface area contributed by atoms with Crippen LogP contribution in [0.4, 0.5) is 5.82 Å². The number of nitrogens with one attached hydrogen (secondary N) is 1. The Labute approximate surface area is 140 Å². The van der Waals surface area contributed by atoms with Crippen molar-refractivity contribution in [1.82, 2.24) is 9.97 Å². The molecule has 23 heavy (non-hydrogen) atoms. The summed E-state index contributed by atoms with van der Waals surface area (Å²) in [4.78, 5) is 8.48. The summed E-state index contributed by atoms with van der Waals surface area (Å²) >= 11 is 5.98. The number of halogens is 1. The minimum atomic E-state index is -2.93. The van der Waals surface area contributed by atoms with Crippen LogP contribution in [0.1, 0.15) is 12.8 Å². The standard InChI is InChI=1S/C15H18ClN3O3S/c1-22-15(4-6-23(20,21)7-5-15)9-17-14-12-3-2-11(16)8-13(12)18-10-19-14/h2-3,8,10H,4-7,9H2,1H3,(H,17,18,19). The van der Waals surface area contributed by atoms with Crippen molar-refractivity contribution in [2.24, 2.45) is 0 Å². The Morgan fingerprint density at radius 2 is 2.04 bits per heavy atom. The molecule has 0 bridgehead atoms. The zero-order valence-corrected chi connectivity index (χ0v) is 14.3. The summed E-state index contributed by atoms with van der Waals surface area (Å²) in [6.07, 6.45) is 2.44. The van der Waals surface area contributed by atoms with E-state index < -0.39 is 15.4 Å². The Bertz CT molecular complexity index is 812. The Balaban J connectivity index is 1.80. The molecule has 0 atom stereocenters. The van der Waals surface area contributed by atoms with Crippen LogP contribution >= 0.6 is 11.6 Å². The number of methoxy groups -OCH3 is 1. The minimum Gasteiger partial charge on any atom is -0.376 e. The normalized spacial score (nSPS) is 19.6. The van der Waals surface area contributed by atoms with Gasteiger partial charge in [-0.05, 0) is 31.0 Å². The van der Waals surface area contributed by atoms with Gasteiger partial charge in [-0.1, -0.05) is 11.6 Å². The van der Waals surface area contributed by atoms with Gasteiger partial charge in [0.25, 0.3) is 0 Å². The lowest BCUT2D eigenvalue weighted by molar-refractivity contribution is -0.00680. The monoisotopic (exact) mass is 355 g/mol. The fourth-order valence-corrected chi connectivity index (χ4v) is 4.52. The van der Waals surface area contributed by atoms with Crippen molar-refractivity contribution in [3.63, 3.8) is 0 Å². The van der Waals surface area contributed by atoms with Crippen molar-refractivity contribution in [3.8, 4) is 0 Å². The van der Waals surface area contributed by atoms with E-state index >= 15 is 0 Å². The molecule has 0 unspecified atom stereocenters. The number of fused-ring (bicyclic) bond motifs is 1. The van der Waals surface area contributed by atoms with Crippen molar-refractivity contribution in [2.75, 3.05) is 30.5 Å². The maximum absolute atomic E-state index is 11.6. The van der Waals surface area contributed by atoms with E-state index in [4.69, 9.17) is 16.3 Å². The molecule has 1 aliphatic rings. The Kier molecular flexibility index (Phi) is 4.44. The van der Waals surface area contributed by atoms with Gasteiger partial charge < -0.3 is 10.1 Å². The number of hydrogen-bond donors (Lipinski definition) is 1. The number of nitrogens with zero attached hydrogens (tertiary/aromatic N) is 2. The van der Waals surface area contributed by atoms with E-state index in [1.54, 1.807) is 19.2 Å². The molecule has 1 N–H and O–H groups in total. The number of benzene rings is 1. The lowest BCUT2D eigenvalue weighted by atomic mass is 9.96. The van der Waals surface area contributed by atoms with Gasteiger partial charge in [0.1, 0.15) is 12.1 Å². The first-order valence-corrected chi connectivity index (χ1v) is 9.53. The topological polar surface area (TPSA) is 81.2 Å². The number of aromatic nitrogens is 2. The predicted octanol–water partition coefficient (Wildman–Crippen LogP) is 2.29. The summed E-state index contributed by atoms with van der Waals surface area (Å²) in [5.74, 6) is 1.00. The van der Waals surface area contributed by atoms with Crippen LogP contribution in [-0.2, 0) is 14.6 Å². The SMILES string of the molecule is COC1(CNc2ncnc3cc(Cl)ccc23)CCS(=O)(=O)CC1. The van der Waals surface area contributed by atoms with E-state index in [0.717, 1.165) is 10.9 Å². The number of hydrogen-bond acceptors (Lipinski definition) is 6. The van der Waals surface area contributed by atoms with Crippen LogP contribution in [0.25, 0.3) is 10.9 Å². The molecule has 1 fully saturated rings. The second-order valence-corrected chi connectivity index (χ2v) is 8.52. The summed E-state index contributed by atoms with van der Waals surface area (Å²) in [6, 6.07) is 5.44. The molecule has 8 heteroatoms. The molecule has 1 saturated heterocycles. The summed E-state index contributed by atoms with van der Waals surface area (Å²) < 4.78 is 28.9. The molecule has 0 saturated carbocycles. The largest absolute Gasteiger partial charge is 0.376 e. The smallest absolute Gasteiger partial charge is 0.150 e. The van der Waals surface area contributed by atoms with Crippen LogP contribution in [0.5, 0.6) is 0 Å². The summed E-state index contributed by atoms with van der Waals surface area (Å²) in [5.41, 5.74) is 0.266. The molecule has 0 aliphatic carbocycles. The quantitative estimate of drug-likeness (QED) is 0.906. The highest BCUT2D eigenvalue weighted by atomic mass is 35.5. The van der Waals surface area contributed by atoms with E-state index in [1.807, 2.05) is 6.07 Å². The van der Waals surface area contributed by atoms with E-state index in [9.17, 15) is 8.42 Å².